The second-order valence-electron chi connectivity index (χ2n) is 6.25. The van der Waals surface area contributed by atoms with Crippen LogP contribution in [0.15, 0.2) is 24.3 Å². The molecule has 1 aromatic rings. The van der Waals surface area contributed by atoms with Crippen molar-refractivity contribution >= 4 is 44.2 Å². The van der Waals surface area contributed by atoms with E-state index in [1.54, 1.807) is 24.3 Å². The molecule has 0 saturated carbocycles. The van der Waals surface area contributed by atoms with Crippen molar-refractivity contribution in [3.8, 4) is 0 Å². The molecule has 0 radical (unpaired) electrons. The number of nitrogens with zero attached hydrogens (tertiary/aromatic N) is 2. The van der Waals surface area contributed by atoms with Gasteiger partial charge in [-0.1, -0.05) is 32.6 Å². The van der Waals surface area contributed by atoms with Crippen LogP contribution in [-0.2, 0) is 20.0 Å². The summed E-state index contributed by atoms with van der Waals surface area (Å²) in [6.45, 7) is 2.15. The first-order valence-corrected chi connectivity index (χ1v) is 11.9. The van der Waals surface area contributed by atoms with E-state index in [0.717, 1.165) is 28.9 Å². The second kappa shape index (κ2) is 10.1. The van der Waals surface area contributed by atoms with Crippen LogP contribution in [0.3, 0.4) is 0 Å². The Hall–Kier alpha value is -1.35. The van der Waals surface area contributed by atoms with Gasteiger partial charge in [0.2, 0.25) is 0 Å². The summed E-state index contributed by atoms with van der Waals surface area (Å²) in [4.78, 5) is 0. The molecular formula is C17H29BN2O4S2. The molecule has 1 aromatic carbocycles. The Morgan fingerprint density at radius 2 is 1.31 bits per heavy atom. The first-order chi connectivity index (χ1) is 12.2. The zero-order valence-electron chi connectivity index (χ0n) is 15.9. The van der Waals surface area contributed by atoms with Crippen LogP contribution < -0.4 is 8.61 Å². The fourth-order valence-corrected chi connectivity index (χ4v) is 4.42. The molecular weight excluding hydrogens is 371 g/mol. The van der Waals surface area contributed by atoms with Crippen molar-refractivity contribution in [3.05, 3.63) is 24.3 Å². The van der Waals surface area contributed by atoms with Crippen molar-refractivity contribution in [3.63, 3.8) is 0 Å². The van der Waals surface area contributed by atoms with Gasteiger partial charge >= 0.3 is 127 Å². The van der Waals surface area contributed by atoms with Crippen LogP contribution in [0.25, 0.3) is 0 Å². The molecule has 0 bridgehead atoms. The molecule has 0 saturated heterocycles. The van der Waals surface area contributed by atoms with E-state index in [9.17, 15) is 16.8 Å². The van der Waals surface area contributed by atoms with E-state index < -0.39 is 20.0 Å². The Bertz CT molecular complexity index is 777. The molecule has 0 unspecified atom stereocenters. The fraction of sp³-hybridized carbons (Fsp3) is 0.588. The van der Waals surface area contributed by atoms with Gasteiger partial charge in [-0.15, -0.1) is 0 Å². The second-order valence-corrected chi connectivity index (χ2v) is 10.3. The SMILES string of the molecule is B=CS(=O)(=O)N(C)c1ccc(N(C)S(=O)(=O)CCCCCCCC)cc1. The minimum absolute atomic E-state index is 0.113. The number of benzene rings is 1. The molecule has 0 N–H and O–H groups in total. The average molecular weight is 400 g/mol. The van der Waals surface area contributed by atoms with Gasteiger partial charge in [-0.3, -0.25) is 0 Å². The quantitative estimate of drug-likeness (QED) is 0.398. The number of hydrogen-bond acceptors (Lipinski definition) is 4. The molecule has 0 fully saturated rings. The number of hydrogen-bond donors (Lipinski definition) is 0. The zero-order chi connectivity index (χ0) is 19.8. The van der Waals surface area contributed by atoms with E-state index >= 15 is 0 Å². The van der Waals surface area contributed by atoms with Crippen molar-refractivity contribution in [1.82, 2.24) is 0 Å². The first-order valence-electron chi connectivity index (χ1n) is 8.83. The summed E-state index contributed by atoms with van der Waals surface area (Å²) in [6, 6.07) is 6.35. The summed E-state index contributed by atoms with van der Waals surface area (Å²) in [7, 11) is -0.723. The van der Waals surface area contributed by atoms with E-state index in [2.05, 4.69) is 14.4 Å². The number of anilines is 2. The first kappa shape index (κ1) is 22.7. The van der Waals surface area contributed by atoms with Crippen LogP contribution in [-0.4, -0.2) is 49.5 Å². The van der Waals surface area contributed by atoms with Crippen LogP contribution in [0.2, 0.25) is 0 Å². The molecule has 0 atom stereocenters. The third-order valence-corrected chi connectivity index (χ3v) is 7.59. The number of sulfonamides is 2. The summed E-state index contributed by atoms with van der Waals surface area (Å²) in [5, 5.41) is 0.873. The van der Waals surface area contributed by atoms with Gasteiger partial charge in [0.15, 0.2) is 0 Å². The molecule has 146 valence electrons. The molecule has 0 aliphatic rings. The molecule has 0 aliphatic carbocycles. The topological polar surface area (TPSA) is 74.8 Å². The zero-order valence-corrected chi connectivity index (χ0v) is 17.5. The fourth-order valence-electron chi connectivity index (χ4n) is 2.49. The monoisotopic (exact) mass is 400 g/mol. The normalized spacial score (nSPS) is 11.9. The van der Waals surface area contributed by atoms with E-state index in [1.807, 2.05) is 0 Å². The van der Waals surface area contributed by atoms with Crippen LogP contribution in [0.4, 0.5) is 11.4 Å². The Labute approximate surface area is 159 Å². The average Bonchev–Trinajstić information content (AvgIpc) is 2.63. The summed E-state index contributed by atoms with van der Waals surface area (Å²) in [5.41, 5.74) is 0.944. The van der Waals surface area contributed by atoms with E-state index in [-0.39, 0.29) is 5.75 Å². The summed E-state index contributed by atoms with van der Waals surface area (Å²) >= 11 is 0. The van der Waals surface area contributed by atoms with Gasteiger partial charge < -0.3 is 0 Å². The maximum absolute atomic E-state index is 12.5. The predicted octanol–water partition coefficient (Wildman–Crippen LogP) is 2.24. The Balaban J connectivity index is 2.71. The summed E-state index contributed by atoms with van der Waals surface area (Å²) < 4.78 is 50.8. The van der Waals surface area contributed by atoms with Gasteiger partial charge in [-0.2, -0.15) is 0 Å². The van der Waals surface area contributed by atoms with Crippen molar-refractivity contribution in [2.45, 2.75) is 45.4 Å². The minimum atomic E-state index is -3.57. The van der Waals surface area contributed by atoms with Crippen molar-refractivity contribution in [2.75, 3.05) is 28.5 Å². The van der Waals surface area contributed by atoms with Crippen LogP contribution in [0, 0.1) is 0 Å². The Morgan fingerprint density at radius 3 is 1.81 bits per heavy atom. The van der Waals surface area contributed by atoms with Crippen molar-refractivity contribution in [1.29, 1.82) is 0 Å². The number of rotatable bonds is 12. The van der Waals surface area contributed by atoms with Gasteiger partial charge in [0.1, 0.15) is 0 Å². The molecule has 9 heteroatoms. The number of unbranched alkanes of at least 4 members (excludes halogenated alkanes) is 5. The Kier molecular flexibility index (Phi) is 8.82. The third-order valence-electron chi connectivity index (χ3n) is 4.34. The van der Waals surface area contributed by atoms with Gasteiger partial charge in [0.25, 0.3) is 0 Å². The van der Waals surface area contributed by atoms with Crippen LogP contribution in [0.1, 0.15) is 45.4 Å². The summed E-state index contributed by atoms with van der Waals surface area (Å²) in [5.74, 6) is 0.113. The van der Waals surface area contributed by atoms with E-state index in [0.29, 0.717) is 17.8 Å². The van der Waals surface area contributed by atoms with Gasteiger partial charge in [0.05, 0.1) is 0 Å². The molecule has 0 spiro atoms. The third kappa shape index (κ3) is 6.43. The van der Waals surface area contributed by atoms with E-state index in [4.69, 9.17) is 0 Å². The molecule has 0 aliphatic heterocycles. The van der Waals surface area contributed by atoms with E-state index in [1.165, 1.54) is 31.2 Å². The standard InChI is InChI=1S/C17H29BN2O4S2/c1-4-5-6-7-8-9-14-25(21,22)19(2)16-10-12-17(13-11-16)20(3)26(23,24)15-18/h10-13,15,18H,4-9,14H2,1-3H3. The van der Waals surface area contributed by atoms with Crippen LogP contribution >= 0.6 is 0 Å². The molecule has 0 amide bonds. The van der Waals surface area contributed by atoms with Gasteiger partial charge in [-0.25, -0.2) is 0 Å². The van der Waals surface area contributed by atoms with Crippen molar-refractivity contribution in [2.24, 2.45) is 0 Å². The predicted molar refractivity (Wildman–Crippen MR) is 113 cm³/mol. The van der Waals surface area contributed by atoms with Gasteiger partial charge in [0, 0.05) is 0 Å². The molecule has 0 aromatic heterocycles. The van der Waals surface area contributed by atoms with Gasteiger partial charge in [-0.05, 0) is 0 Å². The summed E-state index contributed by atoms with van der Waals surface area (Å²) in [6.07, 6.45) is 6.13. The molecule has 0 heterocycles. The maximum atomic E-state index is 12.5. The van der Waals surface area contributed by atoms with Crippen LogP contribution in [0.5, 0.6) is 0 Å². The molecule has 26 heavy (non-hydrogen) atoms. The molecule has 6 nitrogen and oxygen atoms in total. The van der Waals surface area contributed by atoms with Crippen molar-refractivity contribution < 1.29 is 16.8 Å². The Morgan fingerprint density at radius 1 is 0.846 bits per heavy atom. The molecule has 1 rings (SSSR count).